The molecule has 0 unspecified atom stereocenters. The highest BCUT2D eigenvalue weighted by molar-refractivity contribution is 6.17. The lowest BCUT2D eigenvalue weighted by Gasteiger charge is -2.26. The lowest BCUT2D eigenvalue weighted by molar-refractivity contribution is 0.669. The van der Waals surface area contributed by atoms with Crippen molar-refractivity contribution in [3.63, 3.8) is 0 Å². The van der Waals surface area contributed by atoms with Crippen LogP contribution in [-0.4, -0.2) is 0 Å². The predicted molar refractivity (Wildman–Crippen MR) is 239 cm³/mol. The number of nitrogens with zero attached hydrogens (tertiary/aromatic N) is 1. The van der Waals surface area contributed by atoms with E-state index in [4.69, 9.17) is 8.83 Å². The molecule has 0 N–H and O–H groups in total. The largest absolute Gasteiger partial charge is 0.456 e. The fourth-order valence-electron chi connectivity index (χ4n) is 8.82. The molecule has 2 heterocycles. The zero-order valence-corrected chi connectivity index (χ0v) is 30.8. The standard InChI is InChI=1S/C54H33NO2/c1-3-10-43-36(8-1)16-17-40-32-38(23-29-44(40)43)34-18-25-41(26-19-34)55(50-14-7-13-47-48-30-22-37-9-2-4-11-45(37)53(48)57-54(47)50)42-27-20-35(21-28-42)39-24-31-52-49(33-39)46-12-5-6-15-51(46)56-52/h1-33H. The number of para-hydroxylation sites is 2. The average molecular weight is 728 g/mol. The van der Waals surface area contributed by atoms with Gasteiger partial charge in [-0.3, -0.25) is 0 Å². The third-order valence-electron chi connectivity index (χ3n) is 11.6. The molecule has 0 fully saturated rings. The molecule has 0 aliphatic rings. The quantitative estimate of drug-likeness (QED) is 0.165. The molecular weight excluding hydrogens is 695 g/mol. The van der Waals surface area contributed by atoms with Gasteiger partial charge in [-0.2, -0.15) is 0 Å². The van der Waals surface area contributed by atoms with Crippen LogP contribution in [0.15, 0.2) is 209 Å². The summed E-state index contributed by atoms with van der Waals surface area (Å²) in [5.74, 6) is 0. The topological polar surface area (TPSA) is 29.5 Å². The Morgan fingerprint density at radius 1 is 0.281 bits per heavy atom. The molecule has 0 saturated carbocycles. The fraction of sp³-hybridized carbons (Fsp3) is 0. The Kier molecular flexibility index (Phi) is 6.93. The van der Waals surface area contributed by atoms with Crippen LogP contribution in [0.4, 0.5) is 17.1 Å². The first-order valence-electron chi connectivity index (χ1n) is 19.4. The van der Waals surface area contributed by atoms with Crippen molar-refractivity contribution in [2.24, 2.45) is 0 Å². The van der Waals surface area contributed by atoms with Crippen molar-refractivity contribution in [3.8, 4) is 22.3 Å². The van der Waals surface area contributed by atoms with Crippen molar-refractivity contribution in [1.82, 2.24) is 0 Å². The molecule has 266 valence electrons. The number of anilines is 3. The van der Waals surface area contributed by atoms with Crippen LogP contribution in [0, 0.1) is 0 Å². The van der Waals surface area contributed by atoms with Crippen LogP contribution >= 0.6 is 0 Å². The van der Waals surface area contributed by atoms with E-state index in [2.05, 4.69) is 193 Å². The van der Waals surface area contributed by atoms with Gasteiger partial charge in [0.15, 0.2) is 5.58 Å². The molecule has 0 amide bonds. The van der Waals surface area contributed by atoms with Gasteiger partial charge >= 0.3 is 0 Å². The molecule has 0 atom stereocenters. The summed E-state index contributed by atoms with van der Waals surface area (Å²) >= 11 is 0. The monoisotopic (exact) mass is 727 g/mol. The van der Waals surface area contributed by atoms with E-state index in [1.807, 2.05) is 12.1 Å². The predicted octanol–water partition coefficient (Wildman–Crippen LogP) is 15.7. The summed E-state index contributed by atoms with van der Waals surface area (Å²) in [6.07, 6.45) is 0. The molecule has 3 nitrogen and oxygen atoms in total. The van der Waals surface area contributed by atoms with E-state index in [-0.39, 0.29) is 0 Å². The van der Waals surface area contributed by atoms with Crippen molar-refractivity contribution in [1.29, 1.82) is 0 Å². The molecule has 57 heavy (non-hydrogen) atoms. The zero-order chi connectivity index (χ0) is 37.5. The normalized spacial score (nSPS) is 11.9. The van der Waals surface area contributed by atoms with Gasteiger partial charge < -0.3 is 13.7 Å². The maximum absolute atomic E-state index is 6.90. The highest BCUT2D eigenvalue weighted by Crippen LogP contribution is 2.44. The van der Waals surface area contributed by atoms with Crippen molar-refractivity contribution in [3.05, 3.63) is 200 Å². The lowest BCUT2D eigenvalue weighted by atomic mass is 9.97. The van der Waals surface area contributed by atoms with Gasteiger partial charge in [-0.1, -0.05) is 140 Å². The Bertz CT molecular complexity index is 3520. The van der Waals surface area contributed by atoms with Crippen LogP contribution in [-0.2, 0) is 0 Å². The first-order chi connectivity index (χ1) is 28.2. The molecule has 12 rings (SSSR count). The van der Waals surface area contributed by atoms with Gasteiger partial charge in [0.1, 0.15) is 16.7 Å². The molecule has 0 aliphatic heterocycles. The highest BCUT2D eigenvalue weighted by Gasteiger charge is 2.21. The van der Waals surface area contributed by atoms with Gasteiger partial charge in [-0.05, 0) is 110 Å². The number of benzene rings is 10. The molecule has 0 saturated heterocycles. The van der Waals surface area contributed by atoms with Crippen molar-refractivity contribution < 1.29 is 8.83 Å². The van der Waals surface area contributed by atoms with Gasteiger partial charge in [-0.15, -0.1) is 0 Å². The van der Waals surface area contributed by atoms with E-state index < -0.39 is 0 Å². The van der Waals surface area contributed by atoms with Gasteiger partial charge in [0, 0.05) is 38.3 Å². The summed E-state index contributed by atoms with van der Waals surface area (Å²) in [7, 11) is 0. The van der Waals surface area contributed by atoms with Crippen LogP contribution in [0.3, 0.4) is 0 Å². The van der Waals surface area contributed by atoms with E-state index >= 15 is 0 Å². The summed E-state index contributed by atoms with van der Waals surface area (Å²) < 4.78 is 13.0. The second kappa shape index (κ2) is 12.5. The van der Waals surface area contributed by atoms with E-state index in [0.29, 0.717) is 0 Å². The summed E-state index contributed by atoms with van der Waals surface area (Å²) in [4.78, 5) is 2.32. The maximum Gasteiger partial charge on any atom is 0.159 e. The van der Waals surface area contributed by atoms with E-state index in [1.165, 1.54) is 32.7 Å². The Labute approximate surface area is 328 Å². The third kappa shape index (κ3) is 5.06. The van der Waals surface area contributed by atoms with E-state index in [0.717, 1.165) is 82.8 Å². The number of fused-ring (bicyclic) bond motifs is 11. The Morgan fingerprint density at radius 3 is 1.60 bits per heavy atom. The van der Waals surface area contributed by atoms with Crippen LogP contribution < -0.4 is 4.90 Å². The van der Waals surface area contributed by atoms with Gasteiger partial charge in [0.05, 0.1) is 5.69 Å². The highest BCUT2D eigenvalue weighted by atomic mass is 16.3. The Balaban J connectivity index is 0.989. The molecule has 12 aromatic rings. The second-order valence-corrected chi connectivity index (χ2v) is 14.9. The Hall–Kier alpha value is -7.62. The fourth-order valence-corrected chi connectivity index (χ4v) is 8.82. The Morgan fingerprint density at radius 2 is 0.807 bits per heavy atom. The zero-order valence-electron chi connectivity index (χ0n) is 30.8. The van der Waals surface area contributed by atoms with Crippen LogP contribution in [0.5, 0.6) is 0 Å². The lowest BCUT2D eigenvalue weighted by Crippen LogP contribution is -2.10. The smallest absolute Gasteiger partial charge is 0.159 e. The van der Waals surface area contributed by atoms with Gasteiger partial charge in [0.25, 0.3) is 0 Å². The van der Waals surface area contributed by atoms with Crippen molar-refractivity contribution in [2.75, 3.05) is 4.90 Å². The van der Waals surface area contributed by atoms with Gasteiger partial charge in [-0.25, -0.2) is 0 Å². The maximum atomic E-state index is 6.90. The minimum absolute atomic E-state index is 0.857. The SMILES string of the molecule is c1ccc2c(c1)ccc1cc(-c3ccc(N(c4ccc(-c5ccc6oc7ccccc7c6c5)cc4)c4cccc5c4oc4c6ccccc6ccc54)cc3)ccc12. The van der Waals surface area contributed by atoms with Crippen LogP contribution in [0.2, 0.25) is 0 Å². The summed E-state index contributed by atoms with van der Waals surface area (Å²) in [5, 5.41) is 11.8. The number of rotatable bonds is 5. The minimum atomic E-state index is 0.857. The van der Waals surface area contributed by atoms with Crippen molar-refractivity contribution >= 4 is 93.3 Å². The molecule has 0 bridgehead atoms. The summed E-state index contributed by atoms with van der Waals surface area (Å²) in [5.41, 5.74) is 11.3. The number of furan rings is 2. The first-order valence-corrected chi connectivity index (χ1v) is 19.4. The minimum Gasteiger partial charge on any atom is -0.456 e. The molecule has 0 radical (unpaired) electrons. The molecule has 0 aliphatic carbocycles. The second-order valence-electron chi connectivity index (χ2n) is 14.9. The molecule has 3 heteroatoms. The number of hydrogen-bond acceptors (Lipinski definition) is 3. The summed E-state index contributed by atoms with van der Waals surface area (Å²) in [6.45, 7) is 0. The van der Waals surface area contributed by atoms with Crippen molar-refractivity contribution in [2.45, 2.75) is 0 Å². The molecular formula is C54H33NO2. The summed E-state index contributed by atoms with van der Waals surface area (Å²) in [6, 6.07) is 71.6. The van der Waals surface area contributed by atoms with E-state index in [9.17, 15) is 0 Å². The third-order valence-corrected chi connectivity index (χ3v) is 11.6. The van der Waals surface area contributed by atoms with Crippen LogP contribution in [0.25, 0.3) is 98.4 Å². The molecule has 0 spiro atoms. The number of hydrogen-bond donors (Lipinski definition) is 0. The van der Waals surface area contributed by atoms with Crippen LogP contribution in [0.1, 0.15) is 0 Å². The molecule has 10 aromatic carbocycles. The molecule has 2 aromatic heterocycles. The van der Waals surface area contributed by atoms with Gasteiger partial charge in [0.2, 0.25) is 0 Å². The van der Waals surface area contributed by atoms with E-state index in [1.54, 1.807) is 0 Å². The average Bonchev–Trinajstić information content (AvgIpc) is 3.86. The first kappa shape index (κ1) is 31.7.